The van der Waals surface area contributed by atoms with Gasteiger partial charge < -0.3 is 0 Å². The molecule has 0 atom stereocenters. The van der Waals surface area contributed by atoms with Crippen LogP contribution in [0.4, 0.5) is 23.2 Å². The molecule has 1 saturated carbocycles. The molecular formula is C10H9F4N. The largest absolute Gasteiger partial charge is 0.485 e. The zero-order valence-electron chi connectivity index (χ0n) is 7.76. The maximum absolute atomic E-state index is 13.2. The number of hydrogen-bond acceptors (Lipinski definition) is 1. The van der Waals surface area contributed by atoms with Crippen LogP contribution in [0.1, 0.15) is 12.8 Å². The van der Waals surface area contributed by atoms with E-state index in [0.717, 1.165) is 12.1 Å². The molecule has 0 aromatic heterocycles. The third-order valence-corrected chi connectivity index (χ3v) is 2.30. The molecule has 0 saturated heterocycles. The van der Waals surface area contributed by atoms with E-state index in [0.29, 0.717) is 12.8 Å². The smallest absolute Gasteiger partial charge is 0.278 e. The average molecular weight is 219 g/mol. The van der Waals surface area contributed by atoms with Crippen LogP contribution in [0.25, 0.3) is 0 Å². The van der Waals surface area contributed by atoms with Crippen LogP contribution in [0.2, 0.25) is 0 Å². The molecule has 0 heterocycles. The van der Waals surface area contributed by atoms with Crippen LogP contribution in [0.5, 0.6) is 0 Å². The molecular weight excluding hydrogens is 210 g/mol. The van der Waals surface area contributed by atoms with Gasteiger partial charge >= 0.3 is 6.30 Å². The van der Waals surface area contributed by atoms with Gasteiger partial charge in [0.1, 0.15) is 5.82 Å². The number of nitrogens with zero attached hydrogens (tertiary/aromatic N) is 1. The van der Waals surface area contributed by atoms with Crippen LogP contribution < -0.4 is 4.90 Å². The molecule has 5 heteroatoms. The van der Waals surface area contributed by atoms with E-state index in [1.165, 1.54) is 12.1 Å². The van der Waals surface area contributed by atoms with Gasteiger partial charge in [-0.1, -0.05) is 12.1 Å². The maximum Gasteiger partial charge on any atom is 0.485 e. The molecule has 2 rings (SSSR count). The third-order valence-electron chi connectivity index (χ3n) is 2.30. The first-order chi connectivity index (χ1) is 7.00. The van der Waals surface area contributed by atoms with Crippen LogP contribution in [0.3, 0.4) is 0 Å². The SMILES string of the molecule is Fc1ccccc1N(C1CC1)C(F)(F)F. The molecule has 0 radical (unpaired) electrons. The summed E-state index contributed by atoms with van der Waals surface area (Å²) in [7, 11) is 0. The fourth-order valence-electron chi connectivity index (χ4n) is 1.52. The number of anilines is 1. The highest BCUT2D eigenvalue weighted by Gasteiger charge is 2.47. The molecule has 0 aliphatic heterocycles. The van der Waals surface area contributed by atoms with Gasteiger partial charge in [-0.25, -0.2) is 4.39 Å². The topological polar surface area (TPSA) is 3.24 Å². The van der Waals surface area contributed by atoms with Crippen molar-refractivity contribution in [1.29, 1.82) is 0 Å². The predicted octanol–water partition coefficient (Wildman–Crippen LogP) is 3.31. The van der Waals surface area contributed by atoms with Crippen molar-refractivity contribution < 1.29 is 17.6 Å². The fourth-order valence-corrected chi connectivity index (χ4v) is 1.52. The van der Waals surface area contributed by atoms with Crippen molar-refractivity contribution in [3.05, 3.63) is 30.1 Å². The molecule has 0 spiro atoms. The summed E-state index contributed by atoms with van der Waals surface area (Å²) >= 11 is 0. The van der Waals surface area contributed by atoms with Crippen LogP contribution in [-0.2, 0) is 0 Å². The molecule has 1 aliphatic carbocycles. The van der Waals surface area contributed by atoms with E-state index < -0.39 is 18.2 Å². The second-order valence-electron chi connectivity index (χ2n) is 3.52. The first-order valence-corrected chi connectivity index (χ1v) is 4.61. The Hall–Kier alpha value is -1.26. The summed E-state index contributed by atoms with van der Waals surface area (Å²) in [5, 5.41) is 0. The molecule has 0 N–H and O–H groups in total. The Bertz CT molecular complexity index is 357. The summed E-state index contributed by atoms with van der Waals surface area (Å²) in [5.41, 5.74) is -0.382. The molecule has 0 unspecified atom stereocenters. The molecule has 1 aliphatic rings. The van der Waals surface area contributed by atoms with Gasteiger partial charge in [0.25, 0.3) is 0 Å². The van der Waals surface area contributed by atoms with E-state index in [2.05, 4.69) is 0 Å². The number of halogens is 4. The van der Waals surface area contributed by atoms with Crippen LogP contribution in [0.15, 0.2) is 24.3 Å². The Morgan fingerprint density at radius 1 is 1.13 bits per heavy atom. The Balaban J connectivity index is 2.37. The molecule has 1 aromatic carbocycles. The van der Waals surface area contributed by atoms with Crippen molar-refractivity contribution in [2.75, 3.05) is 4.90 Å². The van der Waals surface area contributed by atoms with Crippen molar-refractivity contribution in [3.8, 4) is 0 Å². The fraction of sp³-hybridized carbons (Fsp3) is 0.400. The van der Waals surface area contributed by atoms with Gasteiger partial charge in [0.15, 0.2) is 0 Å². The number of alkyl halides is 3. The van der Waals surface area contributed by atoms with Crippen LogP contribution in [-0.4, -0.2) is 12.3 Å². The first-order valence-electron chi connectivity index (χ1n) is 4.61. The molecule has 1 fully saturated rings. The Labute approximate surface area is 84.3 Å². The number of para-hydroxylation sites is 1. The predicted molar refractivity (Wildman–Crippen MR) is 48.0 cm³/mol. The lowest BCUT2D eigenvalue weighted by Crippen LogP contribution is -2.40. The third kappa shape index (κ3) is 2.06. The lowest BCUT2D eigenvalue weighted by molar-refractivity contribution is -0.131. The van der Waals surface area contributed by atoms with Crippen molar-refractivity contribution in [2.24, 2.45) is 0 Å². The molecule has 0 bridgehead atoms. The van der Waals surface area contributed by atoms with E-state index >= 15 is 0 Å². The van der Waals surface area contributed by atoms with Crippen LogP contribution in [0, 0.1) is 5.82 Å². The molecule has 1 nitrogen and oxygen atoms in total. The van der Waals surface area contributed by atoms with E-state index in [-0.39, 0.29) is 10.6 Å². The summed E-state index contributed by atoms with van der Waals surface area (Å²) in [6.07, 6.45) is -3.58. The average Bonchev–Trinajstić information content (AvgIpc) is 2.90. The molecule has 1 aromatic rings. The number of benzene rings is 1. The van der Waals surface area contributed by atoms with Gasteiger partial charge in [-0.05, 0) is 25.0 Å². The highest BCUT2D eigenvalue weighted by atomic mass is 19.4. The first kappa shape index (κ1) is 10.3. The molecule has 0 amide bonds. The van der Waals surface area contributed by atoms with Crippen LogP contribution >= 0.6 is 0 Å². The number of hydrogen-bond donors (Lipinski definition) is 0. The lowest BCUT2D eigenvalue weighted by Gasteiger charge is -2.27. The second kappa shape index (κ2) is 3.40. The van der Waals surface area contributed by atoms with Gasteiger partial charge in [-0.3, -0.25) is 4.90 Å². The maximum atomic E-state index is 13.2. The van der Waals surface area contributed by atoms with Gasteiger partial charge in [0, 0.05) is 6.04 Å². The van der Waals surface area contributed by atoms with E-state index in [1.54, 1.807) is 0 Å². The monoisotopic (exact) mass is 219 g/mol. The zero-order valence-corrected chi connectivity index (χ0v) is 7.76. The summed E-state index contributed by atoms with van der Waals surface area (Å²) in [6.45, 7) is 0. The second-order valence-corrected chi connectivity index (χ2v) is 3.52. The Morgan fingerprint density at radius 3 is 2.20 bits per heavy atom. The van der Waals surface area contributed by atoms with E-state index in [9.17, 15) is 17.6 Å². The van der Waals surface area contributed by atoms with Gasteiger partial charge in [0.05, 0.1) is 5.69 Å². The summed E-state index contributed by atoms with van der Waals surface area (Å²) < 4.78 is 51.1. The van der Waals surface area contributed by atoms with E-state index in [4.69, 9.17) is 0 Å². The zero-order chi connectivity index (χ0) is 11.1. The highest BCUT2D eigenvalue weighted by molar-refractivity contribution is 5.50. The normalized spacial score (nSPS) is 16.5. The molecule has 82 valence electrons. The minimum Gasteiger partial charge on any atom is -0.278 e. The Kier molecular flexibility index (Phi) is 2.32. The highest BCUT2D eigenvalue weighted by Crippen LogP contribution is 2.40. The Morgan fingerprint density at radius 2 is 1.73 bits per heavy atom. The van der Waals surface area contributed by atoms with Gasteiger partial charge in [0.2, 0.25) is 0 Å². The lowest BCUT2D eigenvalue weighted by atomic mass is 10.3. The van der Waals surface area contributed by atoms with Crippen molar-refractivity contribution in [1.82, 2.24) is 0 Å². The van der Waals surface area contributed by atoms with Crippen molar-refractivity contribution in [2.45, 2.75) is 25.2 Å². The quantitative estimate of drug-likeness (QED) is 0.544. The van der Waals surface area contributed by atoms with Gasteiger partial charge in [-0.15, -0.1) is 0 Å². The van der Waals surface area contributed by atoms with Gasteiger partial charge in [-0.2, -0.15) is 13.2 Å². The van der Waals surface area contributed by atoms with Crippen molar-refractivity contribution >= 4 is 5.69 Å². The summed E-state index contributed by atoms with van der Waals surface area (Å²) in [4.78, 5) is 0.211. The summed E-state index contributed by atoms with van der Waals surface area (Å²) in [6, 6.07) is 4.37. The van der Waals surface area contributed by atoms with E-state index in [1.807, 2.05) is 0 Å². The molecule has 15 heavy (non-hydrogen) atoms. The minimum absolute atomic E-state index is 0.211. The summed E-state index contributed by atoms with van der Waals surface area (Å²) in [5.74, 6) is -0.832. The number of rotatable bonds is 2. The minimum atomic E-state index is -4.51. The van der Waals surface area contributed by atoms with Crippen molar-refractivity contribution in [3.63, 3.8) is 0 Å². The standard InChI is InChI=1S/C10H9F4N/c11-8-3-1-2-4-9(8)15(7-5-6-7)10(12,13)14/h1-4,7H,5-6H2.